The molecule has 0 aliphatic heterocycles. The molecule has 2 heteroatoms. The van der Waals surface area contributed by atoms with Gasteiger partial charge in [0.25, 0.3) is 0 Å². The number of pyridine rings is 1. The first-order valence-electron chi connectivity index (χ1n) is 3.32. The fourth-order valence-electron chi connectivity index (χ4n) is 0.842. The Morgan fingerprint density at radius 1 is 1.64 bits per heavy atom. The summed E-state index contributed by atoms with van der Waals surface area (Å²) in [6.07, 6.45) is 4.08. The standard InChI is InChI=1S/C9H9NO/c1-3-8-4-7(2)9(6-11)10-5-8/h3-6H,1H2,2H3. The highest BCUT2D eigenvalue weighted by molar-refractivity contribution is 5.74. The van der Waals surface area contributed by atoms with Crippen LogP contribution in [0, 0.1) is 6.92 Å². The van der Waals surface area contributed by atoms with E-state index in [1.807, 2.05) is 13.0 Å². The third kappa shape index (κ3) is 1.52. The number of aryl methyl sites for hydroxylation is 1. The lowest BCUT2D eigenvalue weighted by molar-refractivity contribution is 0.111. The van der Waals surface area contributed by atoms with Crippen molar-refractivity contribution in [1.29, 1.82) is 0 Å². The van der Waals surface area contributed by atoms with Gasteiger partial charge in [0, 0.05) is 6.20 Å². The van der Waals surface area contributed by atoms with Gasteiger partial charge in [-0.15, -0.1) is 0 Å². The molecule has 1 aromatic rings. The van der Waals surface area contributed by atoms with E-state index in [9.17, 15) is 4.79 Å². The molecule has 0 spiro atoms. The van der Waals surface area contributed by atoms with Crippen LogP contribution in [0.4, 0.5) is 0 Å². The largest absolute Gasteiger partial charge is 0.296 e. The molecule has 0 unspecified atom stereocenters. The summed E-state index contributed by atoms with van der Waals surface area (Å²) in [7, 11) is 0. The van der Waals surface area contributed by atoms with Crippen LogP contribution in [-0.4, -0.2) is 11.3 Å². The maximum atomic E-state index is 10.3. The van der Waals surface area contributed by atoms with Gasteiger partial charge in [0.2, 0.25) is 0 Å². The van der Waals surface area contributed by atoms with Crippen molar-refractivity contribution in [2.45, 2.75) is 6.92 Å². The molecule has 0 fully saturated rings. The Hall–Kier alpha value is -1.44. The maximum absolute atomic E-state index is 10.3. The highest BCUT2D eigenvalue weighted by atomic mass is 16.1. The monoisotopic (exact) mass is 147 g/mol. The SMILES string of the molecule is C=Cc1cnc(C=O)c(C)c1. The first-order valence-corrected chi connectivity index (χ1v) is 3.32. The molecule has 1 heterocycles. The molecular weight excluding hydrogens is 138 g/mol. The lowest BCUT2D eigenvalue weighted by Gasteiger charge is -1.97. The van der Waals surface area contributed by atoms with Gasteiger partial charge in [0.1, 0.15) is 5.69 Å². The quantitative estimate of drug-likeness (QED) is 0.597. The molecule has 0 radical (unpaired) electrons. The molecular formula is C9H9NO. The Balaban J connectivity index is 3.18. The molecule has 0 aromatic carbocycles. The van der Waals surface area contributed by atoms with Gasteiger partial charge in [0.15, 0.2) is 6.29 Å². The van der Waals surface area contributed by atoms with E-state index < -0.39 is 0 Å². The summed E-state index contributed by atoms with van der Waals surface area (Å²) in [6, 6.07) is 1.88. The van der Waals surface area contributed by atoms with E-state index in [1.165, 1.54) is 0 Å². The fourth-order valence-corrected chi connectivity index (χ4v) is 0.842. The molecule has 1 aromatic heterocycles. The van der Waals surface area contributed by atoms with Crippen LogP contribution in [0.5, 0.6) is 0 Å². The minimum absolute atomic E-state index is 0.496. The Bertz CT molecular complexity index is 292. The van der Waals surface area contributed by atoms with Crippen LogP contribution in [0.1, 0.15) is 21.6 Å². The summed E-state index contributed by atoms with van der Waals surface area (Å²) in [4.78, 5) is 14.3. The van der Waals surface area contributed by atoms with Crippen molar-refractivity contribution in [3.8, 4) is 0 Å². The van der Waals surface area contributed by atoms with E-state index >= 15 is 0 Å². The normalized spacial score (nSPS) is 9.18. The molecule has 0 N–H and O–H groups in total. The minimum atomic E-state index is 0.496. The summed E-state index contributed by atoms with van der Waals surface area (Å²) in [6.45, 7) is 5.45. The number of nitrogens with zero attached hydrogens (tertiary/aromatic N) is 1. The number of aromatic nitrogens is 1. The van der Waals surface area contributed by atoms with Crippen molar-refractivity contribution in [1.82, 2.24) is 4.98 Å². The average Bonchev–Trinajstić information content (AvgIpc) is 2.04. The van der Waals surface area contributed by atoms with Crippen molar-refractivity contribution in [2.24, 2.45) is 0 Å². The van der Waals surface area contributed by atoms with E-state index in [-0.39, 0.29) is 0 Å². The molecule has 1 rings (SSSR count). The summed E-state index contributed by atoms with van der Waals surface area (Å²) >= 11 is 0. The smallest absolute Gasteiger partial charge is 0.168 e. The zero-order valence-electron chi connectivity index (χ0n) is 6.37. The maximum Gasteiger partial charge on any atom is 0.168 e. The summed E-state index contributed by atoms with van der Waals surface area (Å²) in [5.74, 6) is 0. The Labute approximate surface area is 65.6 Å². The molecule has 0 saturated carbocycles. The number of aldehydes is 1. The van der Waals surface area contributed by atoms with Gasteiger partial charge >= 0.3 is 0 Å². The Kier molecular flexibility index (Phi) is 2.16. The lowest BCUT2D eigenvalue weighted by atomic mass is 10.1. The first-order chi connectivity index (χ1) is 5.27. The predicted octanol–water partition coefficient (Wildman–Crippen LogP) is 1.85. The third-order valence-corrected chi connectivity index (χ3v) is 1.49. The fraction of sp³-hybridized carbons (Fsp3) is 0.111. The van der Waals surface area contributed by atoms with Crippen LogP contribution in [0.25, 0.3) is 6.08 Å². The molecule has 56 valence electrons. The Morgan fingerprint density at radius 2 is 2.36 bits per heavy atom. The average molecular weight is 147 g/mol. The number of carbonyl (C=O) groups excluding carboxylic acids is 1. The zero-order chi connectivity index (χ0) is 8.27. The predicted molar refractivity (Wildman–Crippen MR) is 44.5 cm³/mol. The molecule has 0 aliphatic carbocycles. The van der Waals surface area contributed by atoms with E-state index in [0.29, 0.717) is 5.69 Å². The zero-order valence-corrected chi connectivity index (χ0v) is 6.37. The van der Waals surface area contributed by atoms with Gasteiger partial charge in [-0.05, 0) is 24.1 Å². The van der Waals surface area contributed by atoms with E-state index in [4.69, 9.17) is 0 Å². The highest BCUT2D eigenvalue weighted by Crippen LogP contribution is 2.06. The molecule has 0 atom stereocenters. The van der Waals surface area contributed by atoms with Crippen LogP contribution < -0.4 is 0 Å². The van der Waals surface area contributed by atoms with Crippen molar-refractivity contribution in [3.63, 3.8) is 0 Å². The van der Waals surface area contributed by atoms with Gasteiger partial charge in [-0.25, -0.2) is 0 Å². The van der Waals surface area contributed by atoms with Crippen molar-refractivity contribution in [2.75, 3.05) is 0 Å². The van der Waals surface area contributed by atoms with E-state index in [2.05, 4.69) is 11.6 Å². The van der Waals surface area contributed by atoms with Crippen molar-refractivity contribution in [3.05, 3.63) is 35.7 Å². The number of hydrogen-bond acceptors (Lipinski definition) is 2. The first kappa shape index (κ1) is 7.66. The van der Waals surface area contributed by atoms with Crippen LogP contribution in [-0.2, 0) is 0 Å². The van der Waals surface area contributed by atoms with Gasteiger partial charge in [-0.3, -0.25) is 9.78 Å². The second kappa shape index (κ2) is 3.10. The molecule has 2 nitrogen and oxygen atoms in total. The number of hydrogen-bond donors (Lipinski definition) is 0. The van der Waals surface area contributed by atoms with E-state index in [0.717, 1.165) is 17.4 Å². The summed E-state index contributed by atoms with van der Waals surface area (Å²) in [5, 5.41) is 0. The van der Waals surface area contributed by atoms with Crippen molar-refractivity contribution >= 4 is 12.4 Å². The van der Waals surface area contributed by atoms with Crippen molar-refractivity contribution < 1.29 is 4.79 Å². The molecule has 11 heavy (non-hydrogen) atoms. The van der Waals surface area contributed by atoms with Gasteiger partial charge < -0.3 is 0 Å². The highest BCUT2D eigenvalue weighted by Gasteiger charge is 1.96. The van der Waals surface area contributed by atoms with Crippen LogP contribution in [0.2, 0.25) is 0 Å². The van der Waals surface area contributed by atoms with Gasteiger partial charge in [0.05, 0.1) is 0 Å². The topological polar surface area (TPSA) is 30.0 Å². The minimum Gasteiger partial charge on any atom is -0.296 e. The third-order valence-electron chi connectivity index (χ3n) is 1.49. The second-order valence-corrected chi connectivity index (χ2v) is 2.29. The second-order valence-electron chi connectivity index (χ2n) is 2.29. The summed E-state index contributed by atoms with van der Waals surface area (Å²) < 4.78 is 0. The Morgan fingerprint density at radius 3 is 2.82 bits per heavy atom. The van der Waals surface area contributed by atoms with E-state index in [1.54, 1.807) is 12.3 Å². The van der Waals surface area contributed by atoms with Crippen LogP contribution >= 0.6 is 0 Å². The van der Waals surface area contributed by atoms with Gasteiger partial charge in [-0.2, -0.15) is 0 Å². The number of rotatable bonds is 2. The van der Waals surface area contributed by atoms with Gasteiger partial charge in [-0.1, -0.05) is 12.7 Å². The van der Waals surface area contributed by atoms with Crippen LogP contribution in [0.15, 0.2) is 18.8 Å². The molecule has 0 saturated heterocycles. The lowest BCUT2D eigenvalue weighted by Crippen LogP contribution is -1.91. The molecule has 0 amide bonds. The van der Waals surface area contributed by atoms with Crippen LogP contribution in [0.3, 0.4) is 0 Å². The molecule has 0 aliphatic rings. The molecule has 0 bridgehead atoms. The summed E-state index contributed by atoms with van der Waals surface area (Å²) in [5.41, 5.74) is 2.32. The number of carbonyl (C=O) groups is 1.